The second kappa shape index (κ2) is 6.53. The van der Waals surface area contributed by atoms with Gasteiger partial charge in [-0.25, -0.2) is 0 Å². The van der Waals surface area contributed by atoms with Gasteiger partial charge in [-0.3, -0.25) is 9.59 Å². The summed E-state index contributed by atoms with van der Waals surface area (Å²) in [5.41, 5.74) is 0. The standard InChI is InChI=1S/C15H25N3O2.ClH/c1-3-18-9-10(6-14(18)19)15(20)17(2)13-7-11-4-5-12(8-13)16-11;/h10-13,16H,3-9H2,1-2H3;1H. The molecule has 2 amide bonds. The van der Waals surface area contributed by atoms with Gasteiger partial charge in [0.2, 0.25) is 11.8 Å². The van der Waals surface area contributed by atoms with Gasteiger partial charge >= 0.3 is 0 Å². The average molecular weight is 316 g/mol. The molecule has 120 valence electrons. The Morgan fingerprint density at radius 2 is 1.95 bits per heavy atom. The smallest absolute Gasteiger partial charge is 0.227 e. The van der Waals surface area contributed by atoms with Crippen molar-refractivity contribution in [2.75, 3.05) is 20.1 Å². The molecule has 3 heterocycles. The zero-order chi connectivity index (χ0) is 14.3. The molecule has 3 saturated heterocycles. The maximum atomic E-state index is 12.6. The van der Waals surface area contributed by atoms with Crippen LogP contribution in [0.2, 0.25) is 0 Å². The van der Waals surface area contributed by atoms with Crippen LogP contribution in [0.3, 0.4) is 0 Å². The van der Waals surface area contributed by atoms with E-state index in [-0.39, 0.29) is 30.1 Å². The van der Waals surface area contributed by atoms with Crippen LogP contribution >= 0.6 is 12.4 Å². The number of fused-ring (bicyclic) bond motifs is 2. The molecule has 5 nitrogen and oxygen atoms in total. The van der Waals surface area contributed by atoms with Crippen molar-refractivity contribution in [3.05, 3.63) is 0 Å². The van der Waals surface area contributed by atoms with Gasteiger partial charge in [-0.2, -0.15) is 0 Å². The molecule has 0 saturated carbocycles. The van der Waals surface area contributed by atoms with E-state index in [1.807, 2.05) is 18.9 Å². The highest BCUT2D eigenvalue weighted by Gasteiger charge is 2.40. The van der Waals surface area contributed by atoms with Crippen molar-refractivity contribution < 1.29 is 9.59 Å². The van der Waals surface area contributed by atoms with Gasteiger partial charge in [0.05, 0.1) is 5.92 Å². The number of amides is 2. The number of halogens is 1. The lowest BCUT2D eigenvalue weighted by Crippen LogP contribution is -2.50. The lowest BCUT2D eigenvalue weighted by molar-refractivity contribution is -0.137. The maximum absolute atomic E-state index is 12.6. The molecular weight excluding hydrogens is 290 g/mol. The molecule has 3 fully saturated rings. The Kier molecular flexibility index (Phi) is 5.15. The Balaban J connectivity index is 0.00000161. The van der Waals surface area contributed by atoms with Crippen LogP contribution in [0.15, 0.2) is 0 Å². The van der Waals surface area contributed by atoms with E-state index < -0.39 is 0 Å². The molecule has 0 aromatic carbocycles. The first-order valence-electron chi connectivity index (χ1n) is 7.89. The Morgan fingerprint density at radius 3 is 2.48 bits per heavy atom. The number of carbonyl (C=O) groups excluding carboxylic acids is 2. The first kappa shape index (κ1) is 16.6. The first-order chi connectivity index (χ1) is 9.58. The minimum absolute atomic E-state index is 0. The molecule has 0 aromatic rings. The molecule has 3 atom stereocenters. The third-order valence-electron chi connectivity index (χ3n) is 5.29. The zero-order valence-electron chi connectivity index (χ0n) is 12.9. The predicted molar refractivity (Wildman–Crippen MR) is 83.3 cm³/mol. The summed E-state index contributed by atoms with van der Waals surface area (Å²) in [6, 6.07) is 1.53. The van der Waals surface area contributed by atoms with Gasteiger partial charge < -0.3 is 15.1 Å². The van der Waals surface area contributed by atoms with Crippen molar-refractivity contribution in [2.45, 2.75) is 57.2 Å². The van der Waals surface area contributed by atoms with Gasteiger partial charge in [-0.1, -0.05) is 0 Å². The minimum atomic E-state index is -0.125. The number of nitrogens with zero attached hydrogens (tertiary/aromatic N) is 2. The number of carbonyl (C=O) groups is 2. The van der Waals surface area contributed by atoms with Gasteiger partial charge in [0, 0.05) is 44.7 Å². The average Bonchev–Trinajstić information content (AvgIpc) is 2.99. The maximum Gasteiger partial charge on any atom is 0.227 e. The van der Waals surface area contributed by atoms with Crippen molar-refractivity contribution >= 4 is 24.2 Å². The zero-order valence-corrected chi connectivity index (χ0v) is 13.7. The number of likely N-dealkylation sites (tertiary alicyclic amines) is 1. The van der Waals surface area contributed by atoms with E-state index in [0.29, 0.717) is 37.6 Å². The normalized spacial score (nSPS) is 34.8. The molecule has 3 rings (SSSR count). The number of nitrogens with one attached hydrogen (secondary N) is 1. The van der Waals surface area contributed by atoms with E-state index in [4.69, 9.17) is 0 Å². The van der Waals surface area contributed by atoms with Gasteiger partial charge in [-0.15, -0.1) is 12.4 Å². The topological polar surface area (TPSA) is 52.7 Å². The number of rotatable bonds is 3. The fraction of sp³-hybridized carbons (Fsp3) is 0.867. The van der Waals surface area contributed by atoms with Crippen molar-refractivity contribution in [3.8, 4) is 0 Å². The third-order valence-corrected chi connectivity index (χ3v) is 5.29. The van der Waals surface area contributed by atoms with Crippen LogP contribution in [0, 0.1) is 5.92 Å². The summed E-state index contributed by atoms with van der Waals surface area (Å²) in [6.07, 6.45) is 5.02. The molecular formula is C15H26ClN3O2. The van der Waals surface area contributed by atoms with Gasteiger partial charge in [0.25, 0.3) is 0 Å². The van der Waals surface area contributed by atoms with Crippen molar-refractivity contribution in [1.29, 1.82) is 0 Å². The first-order valence-corrected chi connectivity index (χ1v) is 7.89. The van der Waals surface area contributed by atoms with Crippen LogP contribution in [0.25, 0.3) is 0 Å². The summed E-state index contributed by atoms with van der Waals surface area (Å²) in [4.78, 5) is 28.1. The molecule has 0 radical (unpaired) electrons. The third kappa shape index (κ3) is 3.19. The van der Waals surface area contributed by atoms with Crippen molar-refractivity contribution in [1.82, 2.24) is 15.1 Å². The second-order valence-electron chi connectivity index (χ2n) is 6.55. The number of hydrogen-bond acceptors (Lipinski definition) is 3. The highest BCUT2D eigenvalue weighted by Crippen LogP contribution is 2.30. The summed E-state index contributed by atoms with van der Waals surface area (Å²) in [7, 11) is 1.93. The Bertz CT molecular complexity index is 406. The van der Waals surface area contributed by atoms with E-state index >= 15 is 0 Å². The molecule has 3 aliphatic rings. The highest BCUT2D eigenvalue weighted by molar-refractivity contribution is 5.89. The fourth-order valence-electron chi connectivity index (χ4n) is 4.05. The highest BCUT2D eigenvalue weighted by atomic mass is 35.5. The summed E-state index contributed by atoms with van der Waals surface area (Å²) >= 11 is 0. The lowest BCUT2D eigenvalue weighted by atomic mass is 9.97. The van der Waals surface area contributed by atoms with Crippen LogP contribution in [-0.2, 0) is 9.59 Å². The molecule has 6 heteroatoms. The molecule has 0 aromatic heterocycles. The molecule has 3 aliphatic heterocycles. The summed E-state index contributed by atoms with van der Waals surface area (Å²) in [5, 5.41) is 3.61. The second-order valence-corrected chi connectivity index (χ2v) is 6.55. The van der Waals surface area contributed by atoms with E-state index in [9.17, 15) is 9.59 Å². The predicted octanol–water partition coefficient (Wildman–Crippen LogP) is 1.02. The molecule has 3 unspecified atom stereocenters. The molecule has 1 N–H and O–H groups in total. The molecule has 0 spiro atoms. The lowest BCUT2D eigenvalue weighted by Gasteiger charge is -2.36. The molecule has 0 aliphatic carbocycles. The fourth-order valence-corrected chi connectivity index (χ4v) is 4.05. The summed E-state index contributed by atoms with van der Waals surface area (Å²) < 4.78 is 0. The van der Waals surface area contributed by atoms with Gasteiger partial charge in [-0.05, 0) is 32.6 Å². The summed E-state index contributed by atoms with van der Waals surface area (Å²) in [6.45, 7) is 3.29. The van der Waals surface area contributed by atoms with Gasteiger partial charge in [0.1, 0.15) is 0 Å². The van der Waals surface area contributed by atoms with E-state index in [1.165, 1.54) is 12.8 Å². The van der Waals surface area contributed by atoms with Crippen LogP contribution in [0.5, 0.6) is 0 Å². The van der Waals surface area contributed by atoms with E-state index in [1.54, 1.807) is 4.90 Å². The molecule has 2 bridgehead atoms. The van der Waals surface area contributed by atoms with Crippen LogP contribution in [-0.4, -0.2) is 59.9 Å². The van der Waals surface area contributed by atoms with Crippen LogP contribution in [0.1, 0.15) is 39.0 Å². The van der Waals surface area contributed by atoms with Crippen LogP contribution in [0.4, 0.5) is 0 Å². The monoisotopic (exact) mass is 315 g/mol. The Hall–Kier alpha value is -0.810. The quantitative estimate of drug-likeness (QED) is 0.846. The largest absolute Gasteiger partial charge is 0.342 e. The number of hydrogen-bond donors (Lipinski definition) is 1. The van der Waals surface area contributed by atoms with Crippen molar-refractivity contribution in [3.63, 3.8) is 0 Å². The SMILES string of the molecule is CCN1CC(C(=O)N(C)C2CC3CCC(C2)N3)CC1=O.Cl. The molecule has 21 heavy (non-hydrogen) atoms. The Labute approximate surface area is 132 Å². The van der Waals surface area contributed by atoms with E-state index in [2.05, 4.69) is 5.32 Å². The van der Waals surface area contributed by atoms with Crippen molar-refractivity contribution in [2.24, 2.45) is 5.92 Å². The van der Waals surface area contributed by atoms with Crippen LogP contribution < -0.4 is 5.32 Å². The summed E-state index contributed by atoms with van der Waals surface area (Å²) in [5.74, 6) is 0.171. The minimum Gasteiger partial charge on any atom is -0.342 e. The Morgan fingerprint density at radius 1 is 1.33 bits per heavy atom. The number of piperidine rings is 1. The van der Waals surface area contributed by atoms with E-state index in [0.717, 1.165) is 12.8 Å². The van der Waals surface area contributed by atoms with Gasteiger partial charge in [0.15, 0.2) is 0 Å².